The van der Waals surface area contributed by atoms with E-state index in [1.807, 2.05) is 48.5 Å². The third-order valence-corrected chi connectivity index (χ3v) is 4.41. The molecule has 0 saturated carbocycles. The molecule has 2 N–H and O–H groups in total. The molecule has 0 amide bonds. The van der Waals surface area contributed by atoms with Crippen LogP contribution in [0.25, 0.3) is 11.3 Å². The average Bonchev–Trinajstić information content (AvgIpc) is 3.30. The first kappa shape index (κ1) is 17.5. The van der Waals surface area contributed by atoms with Crippen molar-refractivity contribution in [2.75, 3.05) is 13.3 Å². The lowest BCUT2D eigenvalue weighted by Gasteiger charge is -2.23. The Balaban J connectivity index is 1.54. The van der Waals surface area contributed by atoms with Gasteiger partial charge in [0.25, 0.3) is 0 Å². The van der Waals surface area contributed by atoms with Gasteiger partial charge in [0.1, 0.15) is 11.4 Å². The summed E-state index contributed by atoms with van der Waals surface area (Å²) in [4.78, 5) is 2.15. The molecule has 0 bridgehead atoms. The van der Waals surface area contributed by atoms with Gasteiger partial charge in [0.05, 0.1) is 6.10 Å². The number of aromatic amines is 1. The highest BCUT2D eigenvalue weighted by atomic mass is 16.7. The molecule has 2 aromatic carbocycles. The molecule has 1 aliphatic heterocycles. The van der Waals surface area contributed by atoms with E-state index in [0.717, 1.165) is 34.0 Å². The molecule has 0 saturated heterocycles. The molecule has 1 aromatic heterocycles. The molecule has 3 aromatic rings. The Hall–Kier alpha value is -2.90. The molecular weight excluding hydrogens is 344 g/mol. The van der Waals surface area contributed by atoms with Gasteiger partial charge in [-0.1, -0.05) is 36.4 Å². The van der Waals surface area contributed by atoms with E-state index in [1.54, 1.807) is 6.92 Å². The maximum atomic E-state index is 9.94. The molecule has 140 valence electrons. The van der Waals surface area contributed by atoms with E-state index in [-0.39, 0.29) is 6.79 Å². The van der Waals surface area contributed by atoms with Gasteiger partial charge in [0.15, 0.2) is 11.5 Å². The third kappa shape index (κ3) is 4.10. The van der Waals surface area contributed by atoms with E-state index >= 15 is 0 Å². The zero-order valence-corrected chi connectivity index (χ0v) is 15.1. The molecule has 0 aliphatic carbocycles. The van der Waals surface area contributed by atoms with Gasteiger partial charge in [0.2, 0.25) is 6.79 Å². The molecule has 2 heterocycles. The molecule has 0 spiro atoms. The lowest BCUT2D eigenvalue weighted by molar-refractivity contribution is 0.117. The van der Waals surface area contributed by atoms with Crippen molar-refractivity contribution in [3.05, 3.63) is 59.8 Å². The van der Waals surface area contributed by atoms with Crippen molar-refractivity contribution < 1.29 is 14.6 Å². The second-order valence-corrected chi connectivity index (χ2v) is 6.69. The van der Waals surface area contributed by atoms with Crippen molar-refractivity contribution in [1.82, 2.24) is 20.3 Å². The molecule has 0 fully saturated rings. The van der Waals surface area contributed by atoms with Crippen LogP contribution >= 0.6 is 0 Å². The van der Waals surface area contributed by atoms with Gasteiger partial charge in [-0.3, -0.25) is 4.90 Å². The molecule has 7 heteroatoms. The number of aromatic nitrogens is 3. The summed E-state index contributed by atoms with van der Waals surface area (Å²) >= 11 is 0. The van der Waals surface area contributed by atoms with Gasteiger partial charge in [-0.2, -0.15) is 15.4 Å². The van der Waals surface area contributed by atoms with E-state index < -0.39 is 6.10 Å². The highest BCUT2D eigenvalue weighted by molar-refractivity contribution is 5.60. The Morgan fingerprint density at radius 2 is 1.89 bits per heavy atom. The van der Waals surface area contributed by atoms with Crippen molar-refractivity contribution in [3.63, 3.8) is 0 Å². The molecule has 1 atom stereocenters. The zero-order chi connectivity index (χ0) is 18.6. The van der Waals surface area contributed by atoms with Crippen molar-refractivity contribution in [2.45, 2.75) is 26.1 Å². The van der Waals surface area contributed by atoms with Crippen molar-refractivity contribution in [2.24, 2.45) is 0 Å². The molecule has 1 aliphatic rings. The van der Waals surface area contributed by atoms with Crippen LogP contribution in [0.5, 0.6) is 11.5 Å². The van der Waals surface area contributed by atoms with Gasteiger partial charge in [-0.15, -0.1) is 0 Å². The van der Waals surface area contributed by atoms with E-state index in [0.29, 0.717) is 19.6 Å². The van der Waals surface area contributed by atoms with Gasteiger partial charge >= 0.3 is 0 Å². The predicted octanol–water partition coefficient (Wildman–Crippen LogP) is 2.58. The van der Waals surface area contributed by atoms with E-state index in [1.165, 1.54) is 0 Å². The number of rotatable bonds is 7. The summed E-state index contributed by atoms with van der Waals surface area (Å²) in [5.41, 5.74) is 3.78. The van der Waals surface area contributed by atoms with Gasteiger partial charge in [-0.25, -0.2) is 0 Å². The summed E-state index contributed by atoms with van der Waals surface area (Å²) in [7, 11) is 0. The first-order chi connectivity index (χ1) is 13.2. The summed E-state index contributed by atoms with van der Waals surface area (Å²) in [6.07, 6.45) is -0.453. The van der Waals surface area contributed by atoms with Crippen LogP contribution < -0.4 is 9.47 Å². The number of H-pyrrole nitrogens is 1. The maximum Gasteiger partial charge on any atom is 0.231 e. The number of nitrogens with zero attached hydrogens (tertiary/aromatic N) is 3. The highest BCUT2D eigenvalue weighted by Crippen LogP contribution is 2.33. The maximum absolute atomic E-state index is 9.94. The van der Waals surface area contributed by atoms with E-state index in [9.17, 15) is 5.11 Å². The summed E-state index contributed by atoms with van der Waals surface area (Å²) in [6.45, 7) is 3.79. The predicted molar refractivity (Wildman–Crippen MR) is 100 cm³/mol. The van der Waals surface area contributed by atoms with Crippen molar-refractivity contribution in [3.8, 4) is 22.8 Å². The van der Waals surface area contributed by atoms with Crippen LogP contribution in [0.4, 0.5) is 0 Å². The van der Waals surface area contributed by atoms with Crippen LogP contribution in [0, 0.1) is 0 Å². The second-order valence-electron chi connectivity index (χ2n) is 6.69. The number of nitrogens with one attached hydrogen (secondary N) is 1. The normalized spacial score (nSPS) is 13.9. The first-order valence-electron chi connectivity index (χ1n) is 8.93. The number of hydrogen-bond donors (Lipinski definition) is 2. The molecule has 4 rings (SSSR count). The van der Waals surface area contributed by atoms with Crippen LogP contribution in [-0.2, 0) is 13.1 Å². The lowest BCUT2D eigenvalue weighted by Crippen LogP contribution is -2.30. The second kappa shape index (κ2) is 7.77. The molecular formula is C20H22N4O3. The Morgan fingerprint density at radius 1 is 1.07 bits per heavy atom. The van der Waals surface area contributed by atoms with E-state index in [4.69, 9.17) is 9.47 Å². The van der Waals surface area contributed by atoms with Gasteiger partial charge < -0.3 is 14.6 Å². The van der Waals surface area contributed by atoms with Crippen LogP contribution in [0.1, 0.15) is 18.2 Å². The Labute approximate surface area is 157 Å². The quantitative estimate of drug-likeness (QED) is 0.669. The van der Waals surface area contributed by atoms with Gasteiger partial charge in [-0.05, 0) is 24.6 Å². The lowest BCUT2D eigenvalue weighted by atomic mass is 10.1. The third-order valence-electron chi connectivity index (χ3n) is 4.41. The molecule has 0 radical (unpaired) electrons. The highest BCUT2D eigenvalue weighted by Gasteiger charge is 2.18. The van der Waals surface area contributed by atoms with Crippen LogP contribution in [0.2, 0.25) is 0 Å². The average molecular weight is 366 g/mol. The fourth-order valence-electron chi connectivity index (χ4n) is 3.26. The number of fused-ring (bicyclic) bond motifs is 1. The minimum atomic E-state index is -0.453. The number of aliphatic hydroxyl groups is 1. The largest absolute Gasteiger partial charge is 0.454 e. The Bertz CT molecular complexity index is 895. The fraction of sp³-hybridized carbons (Fsp3) is 0.300. The van der Waals surface area contributed by atoms with Crippen molar-refractivity contribution >= 4 is 0 Å². The number of benzene rings is 2. The number of hydrogen-bond acceptors (Lipinski definition) is 6. The standard InChI is InChI=1S/C20H22N4O3/c1-14(25)10-24(11-15-7-8-18-19(9-15)27-13-26-18)12-17-20(22-23-21-17)16-5-3-2-4-6-16/h2-9,14,25H,10-13H2,1H3,(H,21,22,23)/t14-/m0/s1. The summed E-state index contributed by atoms with van der Waals surface area (Å²) in [5, 5.41) is 21.3. The van der Waals surface area contributed by atoms with Crippen LogP contribution in [-0.4, -0.2) is 44.9 Å². The minimum Gasteiger partial charge on any atom is -0.454 e. The number of ether oxygens (including phenoxy) is 2. The fourth-order valence-corrected chi connectivity index (χ4v) is 3.26. The smallest absolute Gasteiger partial charge is 0.231 e. The summed E-state index contributed by atoms with van der Waals surface area (Å²) in [5.74, 6) is 1.53. The van der Waals surface area contributed by atoms with Crippen LogP contribution in [0.3, 0.4) is 0 Å². The molecule has 0 unspecified atom stereocenters. The minimum absolute atomic E-state index is 0.259. The Kier molecular flexibility index (Phi) is 5.04. The summed E-state index contributed by atoms with van der Waals surface area (Å²) < 4.78 is 10.8. The number of aliphatic hydroxyl groups excluding tert-OH is 1. The first-order valence-corrected chi connectivity index (χ1v) is 8.93. The molecule has 7 nitrogen and oxygen atoms in total. The van der Waals surface area contributed by atoms with E-state index in [2.05, 4.69) is 20.3 Å². The molecule has 27 heavy (non-hydrogen) atoms. The monoisotopic (exact) mass is 366 g/mol. The Morgan fingerprint density at radius 3 is 2.70 bits per heavy atom. The zero-order valence-electron chi connectivity index (χ0n) is 15.1. The van der Waals surface area contributed by atoms with Crippen LogP contribution in [0.15, 0.2) is 48.5 Å². The van der Waals surface area contributed by atoms with Crippen molar-refractivity contribution in [1.29, 1.82) is 0 Å². The topological polar surface area (TPSA) is 83.5 Å². The summed E-state index contributed by atoms with van der Waals surface area (Å²) in [6, 6.07) is 15.9. The van der Waals surface area contributed by atoms with Gasteiger partial charge in [0, 0.05) is 25.2 Å². The SMILES string of the molecule is C[C@H](O)CN(Cc1ccc2c(c1)OCO2)Cc1n[nH]nc1-c1ccccc1.